The van der Waals surface area contributed by atoms with Crippen molar-refractivity contribution in [2.24, 2.45) is 22.1 Å². The molecule has 0 aliphatic carbocycles. The summed E-state index contributed by atoms with van der Waals surface area (Å²) in [5, 5.41) is 8.47. The molecule has 2 heteroatoms. The Balaban J connectivity index is 3.77. The van der Waals surface area contributed by atoms with Crippen molar-refractivity contribution >= 4 is 0 Å². The molecule has 0 N–H and O–H groups in total. The first-order chi connectivity index (χ1) is 8.78. The number of rotatable bonds is 12. The van der Waals surface area contributed by atoms with Crippen molar-refractivity contribution < 1.29 is 0 Å². The van der Waals surface area contributed by atoms with Gasteiger partial charge < -0.3 is 0 Å². The molecule has 0 saturated heterocycles. The van der Waals surface area contributed by atoms with Gasteiger partial charge in [0.1, 0.15) is 0 Å². The summed E-state index contributed by atoms with van der Waals surface area (Å²) in [6.45, 7) is 13.0. The molecule has 2 unspecified atom stereocenters. The van der Waals surface area contributed by atoms with E-state index in [9.17, 15) is 0 Å². The number of azo groups is 1. The predicted octanol–water partition coefficient (Wildman–Crippen LogP) is 6.19. The van der Waals surface area contributed by atoms with Gasteiger partial charge in [0.25, 0.3) is 0 Å². The first kappa shape index (κ1) is 17.6. The molecule has 0 heterocycles. The fourth-order valence-corrected chi connectivity index (χ4v) is 1.97. The Bertz CT molecular complexity index is 170. The molecule has 0 aromatic rings. The summed E-state index contributed by atoms with van der Waals surface area (Å²) in [6.07, 6.45) is 9.96. The molecule has 106 valence electrons. The molecule has 2 nitrogen and oxygen atoms in total. The van der Waals surface area contributed by atoms with E-state index in [0.717, 1.165) is 0 Å². The fraction of sp³-hybridized carbons (Fsp3) is 0.875. The zero-order valence-corrected chi connectivity index (χ0v) is 12.9. The molecule has 0 aliphatic rings. The maximum atomic E-state index is 4.24. The van der Waals surface area contributed by atoms with Crippen molar-refractivity contribution in [3.8, 4) is 0 Å². The molecule has 0 fully saturated rings. The van der Waals surface area contributed by atoms with Crippen LogP contribution < -0.4 is 0 Å². The van der Waals surface area contributed by atoms with Gasteiger partial charge in [-0.1, -0.05) is 66.2 Å². The van der Waals surface area contributed by atoms with Crippen LogP contribution in [0.25, 0.3) is 0 Å². The van der Waals surface area contributed by atoms with Gasteiger partial charge >= 0.3 is 0 Å². The zero-order valence-electron chi connectivity index (χ0n) is 12.9. The molecular weight excluding hydrogens is 220 g/mol. The van der Waals surface area contributed by atoms with E-state index in [1.165, 1.54) is 51.4 Å². The second kappa shape index (κ2) is 13.0. The van der Waals surface area contributed by atoms with Crippen LogP contribution >= 0.6 is 0 Å². The van der Waals surface area contributed by atoms with E-state index in [0.29, 0.717) is 11.8 Å². The van der Waals surface area contributed by atoms with Crippen molar-refractivity contribution in [1.29, 1.82) is 0 Å². The second-order valence-electron chi connectivity index (χ2n) is 5.15. The summed E-state index contributed by atoms with van der Waals surface area (Å²) in [4.78, 5) is 0. The molecule has 0 bridgehead atoms. The zero-order chi connectivity index (χ0) is 13.6. The van der Waals surface area contributed by atoms with Gasteiger partial charge in [0.2, 0.25) is 0 Å². The summed E-state index contributed by atoms with van der Waals surface area (Å²) >= 11 is 0. The Morgan fingerprint density at radius 3 is 1.39 bits per heavy atom. The summed E-state index contributed by atoms with van der Waals surface area (Å²) in [6, 6.07) is 0. The Morgan fingerprint density at radius 1 is 0.722 bits per heavy atom. The lowest BCUT2D eigenvalue weighted by molar-refractivity contribution is 0.486. The van der Waals surface area contributed by atoms with Crippen LogP contribution in [-0.4, -0.2) is 0 Å². The topological polar surface area (TPSA) is 24.7 Å². The molecule has 0 aromatic heterocycles. The van der Waals surface area contributed by atoms with Crippen molar-refractivity contribution in [2.45, 2.75) is 79.1 Å². The Labute approximate surface area is 115 Å². The monoisotopic (exact) mass is 252 g/mol. The molecule has 18 heavy (non-hydrogen) atoms. The predicted molar refractivity (Wildman–Crippen MR) is 80.1 cm³/mol. The van der Waals surface area contributed by atoms with Gasteiger partial charge in [-0.2, -0.15) is 10.2 Å². The minimum atomic E-state index is 0.609. The van der Waals surface area contributed by atoms with Gasteiger partial charge in [0, 0.05) is 0 Å². The minimum absolute atomic E-state index is 0.609. The summed E-state index contributed by atoms with van der Waals surface area (Å²) in [7, 11) is 0. The standard InChI is InChI=1S/C16H32N2/c1-5-9-11-15(7-3)13-17-18-14-16(8-4)12-10-6-2/h13-16H,5-12H2,1-4H3. The van der Waals surface area contributed by atoms with E-state index in [4.69, 9.17) is 0 Å². The van der Waals surface area contributed by atoms with Crippen LogP contribution in [0.15, 0.2) is 10.2 Å². The normalized spacial score (nSPS) is 15.1. The van der Waals surface area contributed by atoms with Crippen LogP contribution in [0.4, 0.5) is 0 Å². The van der Waals surface area contributed by atoms with E-state index >= 15 is 0 Å². The first-order valence-corrected chi connectivity index (χ1v) is 7.84. The van der Waals surface area contributed by atoms with E-state index in [2.05, 4.69) is 37.9 Å². The number of nitrogens with zero attached hydrogens (tertiary/aromatic N) is 2. The van der Waals surface area contributed by atoms with Crippen LogP contribution in [-0.2, 0) is 0 Å². The highest BCUT2D eigenvalue weighted by molar-refractivity contribution is 4.75. The Morgan fingerprint density at radius 2 is 1.11 bits per heavy atom. The van der Waals surface area contributed by atoms with Gasteiger partial charge in [0.05, 0.1) is 13.1 Å². The molecule has 0 spiro atoms. The lowest BCUT2D eigenvalue weighted by atomic mass is 9.99. The molecule has 0 rings (SSSR count). The van der Waals surface area contributed by atoms with E-state index < -0.39 is 0 Å². The van der Waals surface area contributed by atoms with E-state index in [1.807, 2.05) is 13.1 Å². The molecular formula is C16H32N2. The average Bonchev–Trinajstić information content (AvgIpc) is 2.41. The maximum Gasteiger partial charge on any atom is 0.0980 e. The van der Waals surface area contributed by atoms with Crippen LogP contribution in [0.2, 0.25) is 0 Å². The van der Waals surface area contributed by atoms with Crippen LogP contribution in [0.5, 0.6) is 0 Å². The summed E-state index contributed by atoms with van der Waals surface area (Å²) in [5.41, 5.74) is 0. The molecule has 0 aromatic carbocycles. The highest BCUT2D eigenvalue weighted by Crippen LogP contribution is 2.19. The third-order valence-electron chi connectivity index (χ3n) is 3.53. The number of hydrogen-bond acceptors (Lipinski definition) is 2. The lowest BCUT2D eigenvalue weighted by Crippen LogP contribution is -1.99. The third-order valence-corrected chi connectivity index (χ3v) is 3.53. The minimum Gasteiger partial charge on any atom is -0.188 e. The third kappa shape index (κ3) is 9.61. The van der Waals surface area contributed by atoms with Gasteiger partial charge in [0.15, 0.2) is 0 Å². The van der Waals surface area contributed by atoms with Crippen molar-refractivity contribution in [3.63, 3.8) is 0 Å². The Hall–Kier alpha value is -0.400. The average molecular weight is 252 g/mol. The van der Waals surface area contributed by atoms with Crippen molar-refractivity contribution in [3.05, 3.63) is 13.1 Å². The number of unbranched alkanes of at least 4 members (excludes halogenated alkanes) is 2. The van der Waals surface area contributed by atoms with Gasteiger partial charge in [-0.05, 0) is 24.7 Å². The van der Waals surface area contributed by atoms with Crippen molar-refractivity contribution in [1.82, 2.24) is 0 Å². The summed E-state index contributed by atoms with van der Waals surface area (Å²) < 4.78 is 0. The quantitative estimate of drug-likeness (QED) is 0.370. The summed E-state index contributed by atoms with van der Waals surface area (Å²) in [5.74, 6) is 1.22. The Kier molecular flexibility index (Phi) is 12.8. The van der Waals surface area contributed by atoms with Gasteiger partial charge in [-0.3, -0.25) is 0 Å². The molecule has 0 aliphatic heterocycles. The largest absolute Gasteiger partial charge is 0.188 e. The van der Waals surface area contributed by atoms with Crippen LogP contribution in [0, 0.1) is 24.9 Å². The molecule has 0 amide bonds. The van der Waals surface area contributed by atoms with E-state index in [1.54, 1.807) is 0 Å². The highest BCUT2D eigenvalue weighted by atomic mass is 15.1. The molecule has 0 saturated carbocycles. The lowest BCUT2D eigenvalue weighted by Gasteiger charge is -2.11. The second-order valence-corrected chi connectivity index (χ2v) is 5.15. The highest BCUT2D eigenvalue weighted by Gasteiger charge is 2.07. The van der Waals surface area contributed by atoms with Gasteiger partial charge in [-0.15, -0.1) is 0 Å². The van der Waals surface area contributed by atoms with E-state index in [-0.39, 0.29) is 0 Å². The number of hydrogen-bond donors (Lipinski definition) is 0. The fourth-order valence-electron chi connectivity index (χ4n) is 1.97. The van der Waals surface area contributed by atoms with Gasteiger partial charge in [-0.25, -0.2) is 0 Å². The smallest absolute Gasteiger partial charge is 0.0980 e. The molecule has 2 radical (unpaired) electrons. The molecule has 2 atom stereocenters. The SMILES string of the molecule is CCCCC([CH]N=N[CH]C(CC)CCCC)CC. The van der Waals surface area contributed by atoms with Crippen molar-refractivity contribution in [2.75, 3.05) is 0 Å². The van der Waals surface area contributed by atoms with Crippen LogP contribution in [0.1, 0.15) is 79.1 Å². The first-order valence-electron chi connectivity index (χ1n) is 7.84. The maximum absolute atomic E-state index is 4.24. The van der Waals surface area contributed by atoms with Crippen LogP contribution in [0.3, 0.4) is 0 Å².